The molecular weight excluding hydrogens is 368 g/mol. The summed E-state index contributed by atoms with van der Waals surface area (Å²) in [5.41, 5.74) is 0. The Hall–Kier alpha value is -0.790. The first-order valence-electron chi connectivity index (χ1n) is 13.6. The number of rotatable bonds is 24. The van der Waals surface area contributed by atoms with E-state index >= 15 is 0 Å². The summed E-state index contributed by atoms with van der Waals surface area (Å²) in [4.78, 5) is 11.8. The molecule has 0 heterocycles. The summed E-state index contributed by atoms with van der Waals surface area (Å²) in [5.74, 6) is 0.0134. The fourth-order valence-corrected chi connectivity index (χ4v) is 3.83. The van der Waals surface area contributed by atoms with Gasteiger partial charge in [-0.2, -0.15) is 0 Å². The highest BCUT2D eigenvalue weighted by molar-refractivity contribution is 5.69. The summed E-state index contributed by atoms with van der Waals surface area (Å²) in [6, 6.07) is 0. The van der Waals surface area contributed by atoms with E-state index in [1.807, 2.05) is 0 Å². The van der Waals surface area contributed by atoms with Gasteiger partial charge in [0.25, 0.3) is 0 Å². The fraction of sp³-hybridized carbons (Fsp3) is 0.893. The SMILES string of the molecule is CCCCCC/C=C\CCCCCCCCOC(=O)CCCCCCCCCCC. The Bertz CT molecular complexity index is 362. The lowest BCUT2D eigenvalue weighted by atomic mass is 10.1. The predicted octanol–water partition coefficient (Wildman–Crippen LogP) is 9.71. The average Bonchev–Trinajstić information content (AvgIpc) is 2.75. The van der Waals surface area contributed by atoms with Gasteiger partial charge in [-0.25, -0.2) is 0 Å². The lowest BCUT2D eigenvalue weighted by Crippen LogP contribution is -2.05. The van der Waals surface area contributed by atoms with Crippen molar-refractivity contribution in [3.8, 4) is 0 Å². The third-order valence-electron chi connectivity index (χ3n) is 5.90. The van der Waals surface area contributed by atoms with Gasteiger partial charge in [-0.3, -0.25) is 4.79 Å². The number of unbranched alkanes of at least 4 members (excludes halogenated alkanes) is 18. The summed E-state index contributed by atoms with van der Waals surface area (Å²) in [6.07, 6.45) is 32.4. The Morgan fingerprint density at radius 3 is 1.47 bits per heavy atom. The molecule has 0 bridgehead atoms. The second kappa shape index (κ2) is 26.2. The zero-order chi connectivity index (χ0) is 22.0. The quantitative estimate of drug-likeness (QED) is 0.0878. The highest BCUT2D eigenvalue weighted by Crippen LogP contribution is 2.12. The summed E-state index contributed by atoms with van der Waals surface area (Å²) in [5, 5.41) is 0. The first kappa shape index (κ1) is 29.2. The molecule has 0 aromatic carbocycles. The molecule has 0 aliphatic rings. The molecular formula is C28H54O2. The molecule has 0 atom stereocenters. The van der Waals surface area contributed by atoms with Gasteiger partial charge >= 0.3 is 5.97 Å². The van der Waals surface area contributed by atoms with Crippen molar-refractivity contribution < 1.29 is 9.53 Å². The van der Waals surface area contributed by atoms with Crippen molar-refractivity contribution in [2.75, 3.05) is 6.61 Å². The van der Waals surface area contributed by atoms with Crippen molar-refractivity contribution in [1.82, 2.24) is 0 Å². The van der Waals surface area contributed by atoms with Gasteiger partial charge in [-0.1, -0.05) is 122 Å². The summed E-state index contributed by atoms with van der Waals surface area (Å²) < 4.78 is 5.37. The van der Waals surface area contributed by atoms with E-state index in [0.717, 1.165) is 12.8 Å². The van der Waals surface area contributed by atoms with Gasteiger partial charge in [-0.15, -0.1) is 0 Å². The number of hydrogen-bond donors (Lipinski definition) is 0. The molecule has 0 rings (SSSR count). The molecule has 0 N–H and O–H groups in total. The van der Waals surface area contributed by atoms with Crippen LogP contribution in [0.25, 0.3) is 0 Å². The fourth-order valence-electron chi connectivity index (χ4n) is 3.83. The molecule has 0 aliphatic heterocycles. The monoisotopic (exact) mass is 422 g/mol. The predicted molar refractivity (Wildman–Crippen MR) is 133 cm³/mol. The minimum Gasteiger partial charge on any atom is -0.466 e. The van der Waals surface area contributed by atoms with Crippen LogP contribution in [0, 0.1) is 0 Å². The highest BCUT2D eigenvalue weighted by atomic mass is 16.5. The third-order valence-corrected chi connectivity index (χ3v) is 5.90. The maximum absolute atomic E-state index is 11.8. The van der Waals surface area contributed by atoms with Crippen LogP contribution in [0.3, 0.4) is 0 Å². The van der Waals surface area contributed by atoms with Crippen LogP contribution in [-0.4, -0.2) is 12.6 Å². The molecule has 0 aromatic heterocycles. The number of carbonyl (C=O) groups is 1. The number of allylic oxidation sites excluding steroid dienone is 2. The molecule has 178 valence electrons. The van der Waals surface area contributed by atoms with E-state index < -0.39 is 0 Å². The number of hydrogen-bond acceptors (Lipinski definition) is 2. The Morgan fingerprint density at radius 1 is 0.533 bits per heavy atom. The first-order valence-corrected chi connectivity index (χ1v) is 13.6. The lowest BCUT2D eigenvalue weighted by molar-refractivity contribution is -0.143. The minimum absolute atomic E-state index is 0.0134. The van der Waals surface area contributed by atoms with Gasteiger partial charge in [0.05, 0.1) is 6.61 Å². The van der Waals surface area contributed by atoms with Gasteiger partial charge in [0.2, 0.25) is 0 Å². The van der Waals surface area contributed by atoms with Crippen LogP contribution < -0.4 is 0 Å². The molecule has 0 radical (unpaired) electrons. The molecule has 0 fully saturated rings. The Kier molecular flexibility index (Phi) is 25.6. The lowest BCUT2D eigenvalue weighted by Gasteiger charge is -2.05. The van der Waals surface area contributed by atoms with E-state index in [1.54, 1.807) is 0 Å². The molecule has 0 saturated carbocycles. The van der Waals surface area contributed by atoms with Gasteiger partial charge in [0, 0.05) is 6.42 Å². The van der Waals surface area contributed by atoms with E-state index in [-0.39, 0.29) is 5.97 Å². The molecule has 0 aliphatic carbocycles. The number of ether oxygens (including phenoxy) is 1. The van der Waals surface area contributed by atoms with Crippen molar-refractivity contribution >= 4 is 5.97 Å². The zero-order valence-corrected chi connectivity index (χ0v) is 20.7. The largest absolute Gasteiger partial charge is 0.466 e. The standard InChI is InChI=1S/C28H54O2/c1-3-5-7-9-11-13-14-15-16-17-19-21-23-25-27-30-28(29)26-24-22-20-18-12-10-8-6-4-2/h13-14H,3-12,15-27H2,1-2H3/b14-13-. The first-order chi connectivity index (χ1) is 14.8. The van der Waals surface area contributed by atoms with Crippen molar-refractivity contribution in [2.45, 2.75) is 155 Å². The number of esters is 1. The van der Waals surface area contributed by atoms with Crippen molar-refractivity contribution in [3.05, 3.63) is 12.2 Å². The van der Waals surface area contributed by atoms with Gasteiger partial charge < -0.3 is 4.74 Å². The van der Waals surface area contributed by atoms with Gasteiger partial charge in [-0.05, 0) is 38.5 Å². The molecule has 2 heteroatoms. The van der Waals surface area contributed by atoms with Crippen LogP contribution in [0.4, 0.5) is 0 Å². The van der Waals surface area contributed by atoms with E-state index in [9.17, 15) is 4.79 Å². The van der Waals surface area contributed by atoms with E-state index in [4.69, 9.17) is 4.74 Å². The van der Waals surface area contributed by atoms with Crippen LogP contribution in [-0.2, 0) is 9.53 Å². The van der Waals surface area contributed by atoms with Gasteiger partial charge in [0.1, 0.15) is 0 Å². The van der Waals surface area contributed by atoms with Crippen LogP contribution in [0.15, 0.2) is 12.2 Å². The molecule has 0 saturated heterocycles. The normalized spacial score (nSPS) is 11.4. The molecule has 0 aromatic rings. The van der Waals surface area contributed by atoms with Crippen molar-refractivity contribution in [3.63, 3.8) is 0 Å². The van der Waals surface area contributed by atoms with Gasteiger partial charge in [0.15, 0.2) is 0 Å². The zero-order valence-electron chi connectivity index (χ0n) is 20.7. The van der Waals surface area contributed by atoms with Crippen LogP contribution in [0.1, 0.15) is 155 Å². The molecule has 0 spiro atoms. The topological polar surface area (TPSA) is 26.3 Å². The molecule has 30 heavy (non-hydrogen) atoms. The van der Waals surface area contributed by atoms with Crippen LogP contribution >= 0.6 is 0 Å². The maximum Gasteiger partial charge on any atom is 0.305 e. The highest BCUT2D eigenvalue weighted by Gasteiger charge is 2.02. The number of carbonyl (C=O) groups excluding carboxylic acids is 1. The molecule has 0 unspecified atom stereocenters. The van der Waals surface area contributed by atoms with Crippen LogP contribution in [0.2, 0.25) is 0 Å². The smallest absolute Gasteiger partial charge is 0.305 e. The minimum atomic E-state index is 0.0134. The van der Waals surface area contributed by atoms with E-state index in [2.05, 4.69) is 26.0 Å². The Labute approximate surface area is 189 Å². The second-order valence-electron chi connectivity index (χ2n) is 9.03. The van der Waals surface area contributed by atoms with E-state index in [1.165, 1.54) is 122 Å². The summed E-state index contributed by atoms with van der Waals surface area (Å²) >= 11 is 0. The maximum atomic E-state index is 11.8. The average molecular weight is 423 g/mol. The summed E-state index contributed by atoms with van der Waals surface area (Å²) in [6.45, 7) is 5.15. The molecule has 2 nitrogen and oxygen atoms in total. The molecule has 0 amide bonds. The Morgan fingerprint density at radius 2 is 0.933 bits per heavy atom. The van der Waals surface area contributed by atoms with Crippen molar-refractivity contribution in [1.29, 1.82) is 0 Å². The Balaban J connectivity index is 3.18. The van der Waals surface area contributed by atoms with Crippen molar-refractivity contribution in [2.24, 2.45) is 0 Å². The summed E-state index contributed by atoms with van der Waals surface area (Å²) in [7, 11) is 0. The second-order valence-corrected chi connectivity index (χ2v) is 9.03. The van der Waals surface area contributed by atoms with E-state index in [0.29, 0.717) is 13.0 Å². The third kappa shape index (κ3) is 25.2. The van der Waals surface area contributed by atoms with Crippen LogP contribution in [0.5, 0.6) is 0 Å².